The van der Waals surface area contributed by atoms with Crippen LogP contribution in [0.4, 0.5) is 14.5 Å². The van der Waals surface area contributed by atoms with Gasteiger partial charge in [-0.3, -0.25) is 4.99 Å². The molecule has 0 aliphatic heterocycles. The predicted octanol–water partition coefficient (Wildman–Crippen LogP) is 3.92. The van der Waals surface area contributed by atoms with E-state index in [0.717, 1.165) is 6.07 Å². The molecular weight excluding hydrogens is 366 g/mol. The van der Waals surface area contributed by atoms with E-state index < -0.39 is 11.6 Å². The Hall–Kier alpha value is -3.49. The highest BCUT2D eigenvalue weighted by molar-refractivity contribution is 5.69. The van der Waals surface area contributed by atoms with Crippen LogP contribution < -0.4 is 0 Å². The number of allylic oxidation sites excluding steroid dienone is 1. The molecule has 0 aliphatic carbocycles. The number of aliphatic imine (C=N–C) groups is 1. The number of hydrogen-bond acceptors (Lipinski definition) is 6. The minimum atomic E-state index is -0.764. The summed E-state index contributed by atoms with van der Waals surface area (Å²) in [6.45, 7) is 10.9. The van der Waals surface area contributed by atoms with E-state index in [0.29, 0.717) is 18.1 Å². The number of rotatable bonds is 7. The summed E-state index contributed by atoms with van der Waals surface area (Å²) in [5.41, 5.74) is 0.968. The maximum Gasteiger partial charge on any atom is 0.221 e. The van der Waals surface area contributed by atoms with Gasteiger partial charge in [-0.2, -0.15) is 0 Å². The molecule has 0 fully saturated rings. The van der Waals surface area contributed by atoms with Gasteiger partial charge >= 0.3 is 0 Å². The van der Waals surface area contributed by atoms with E-state index in [1.165, 1.54) is 17.0 Å². The van der Waals surface area contributed by atoms with E-state index >= 15 is 0 Å². The minimum Gasteiger partial charge on any atom is -0.492 e. The van der Waals surface area contributed by atoms with Gasteiger partial charge in [-0.25, -0.2) is 23.4 Å². The maximum absolute atomic E-state index is 15.0. The summed E-state index contributed by atoms with van der Waals surface area (Å²) in [7, 11) is 0. The van der Waals surface area contributed by atoms with Gasteiger partial charge in [0.15, 0.2) is 5.65 Å². The first-order valence-corrected chi connectivity index (χ1v) is 8.48. The highest BCUT2D eigenvalue weighted by Crippen LogP contribution is 2.29. The Balaban J connectivity index is 2.08. The van der Waals surface area contributed by atoms with E-state index in [4.69, 9.17) is 4.74 Å². The van der Waals surface area contributed by atoms with Crippen molar-refractivity contribution in [3.8, 4) is 0 Å². The van der Waals surface area contributed by atoms with Crippen molar-refractivity contribution in [3.63, 3.8) is 0 Å². The molecule has 0 atom stereocenters. The lowest BCUT2D eigenvalue weighted by atomic mass is 10.1. The van der Waals surface area contributed by atoms with Crippen LogP contribution in [-0.2, 0) is 11.3 Å². The van der Waals surface area contributed by atoms with Crippen molar-refractivity contribution in [2.45, 2.75) is 20.4 Å². The standard InChI is InChI=1S/C19H18F2N6O/c1-5-7-12-15(22-4)8-14(20)13(17(12)21)10-27-19-18(25-26-27)23-9-16(24-19)11(3)28-6-2/h5,7-9H,3-4,6,10H2,1-2H3/b7-5-. The number of nitrogens with zero attached hydrogens (tertiary/aromatic N) is 6. The van der Waals surface area contributed by atoms with Gasteiger partial charge in [0, 0.05) is 17.2 Å². The molecule has 0 radical (unpaired) electrons. The van der Waals surface area contributed by atoms with E-state index in [1.54, 1.807) is 13.0 Å². The largest absolute Gasteiger partial charge is 0.492 e. The molecule has 0 amide bonds. The van der Waals surface area contributed by atoms with Crippen LogP contribution in [0.25, 0.3) is 23.1 Å². The first kappa shape index (κ1) is 19.3. The first-order chi connectivity index (χ1) is 13.5. The third-order valence-corrected chi connectivity index (χ3v) is 3.97. The average molecular weight is 384 g/mol. The van der Waals surface area contributed by atoms with Crippen LogP contribution in [-0.4, -0.2) is 38.3 Å². The van der Waals surface area contributed by atoms with Gasteiger partial charge in [0.2, 0.25) is 5.65 Å². The third kappa shape index (κ3) is 3.51. The molecule has 3 aromatic rings. The fourth-order valence-corrected chi connectivity index (χ4v) is 2.66. The van der Waals surface area contributed by atoms with Gasteiger partial charge in [0.1, 0.15) is 23.1 Å². The lowest BCUT2D eigenvalue weighted by molar-refractivity contribution is 0.297. The molecule has 2 heterocycles. The van der Waals surface area contributed by atoms with Crippen LogP contribution in [0.3, 0.4) is 0 Å². The summed E-state index contributed by atoms with van der Waals surface area (Å²) < 4.78 is 36.1. The Morgan fingerprint density at radius 3 is 2.86 bits per heavy atom. The fourth-order valence-electron chi connectivity index (χ4n) is 2.66. The molecular formula is C19H18F2N6O. The summed E-state index contributed by atoms with van der Waals surface area (Å²) in [5, 5.41) is 7.82. The van der Waals surface area contributed by atoms with E-state index in [1.807, 2.05) is 6.92 Å². The Morgan fingerprint density at radius 2 is 2.18 bits per heavy atom. The molecule has 144 valence electrons. The summed E-state index contributed by atoms with van der Waals surface area (Å²) in [5.74, 6) is -1.18. The fraction of sp³-hybridized carbons (Fsp3) is 0.211. The summed E-state index contributed by atoms with van der Waals surface area (Å²) in [4.78, 5) is 12.2. The van der Waals surface area contributed by atoms with Crippen molar-refractivity contribution in [2.24, 2.45) is 4.99 Å². The summed E-state index contributed by atoms with van der Waals surface area (Å²) in [6.07, 6.45) is 4.59. The van der Waals surface area contributed by atoms with Crippen molar-refractivity contribution in [3.05, 3.63) is 53.4 Å². The van der Waals surface area contributed by atoms with Crippen LogP contribution in [0.15, 0.2) is 29.9 Å². The molecule has 0 N–H and O–H groups in total. The van der Waals surface area contributed by atoms with Crippen LogP contribution in [0.5, 0.6) is 0 Å². The number of ether oxygens (including phenoxy) is 1. The Kier molecular flexibility index (Phi) is 5.53. The Morgan fingerprint density at radius 1 is 1.39 bits per heavy atom. The van der Waals surface area contributed by atoms with E-state index in [9.17, 15) is 8.78 Å². The molecule has 0 spiro atoms. The van der Waals surface area contributed by atoms with Crippen LogP contribution in [0, 0.1) is 11.6 Å². The normalized spacial score (nSPS) is 11.3. The van der Waals surface area contributed by atoms with Gasteiger partial charge in [0.25, 0.3) is 0 Å². The lowest BCUT2D eigenvalue weighted by Gasteiger charge is -2.11. The second-order valence-electron chi connectivity index (χ2n) is 5.75. The molecule has 28 heavy (non-hydrogen) atoms. The summed E-state index contributed by atoms with van der Waals surface area (Å²) >= 11 is 0. The van der Waals surface area contributed by atoms with Crippen LogP contribution in [0.1, 0.15) is 30.7 Å². The quantitative estimate of drug-likeness (QED) is 0.456. The van der Waals surface area contributed by atoms with Crippen LogP contribution >= 0.6 is 0 Å². The molecule has 1 aromatic carbocycles. The number of hydrogen-bond donors (Lipinski definition) is 0. The van der Waals surface area contributed by atoms with Crippen molar-refractivity contribution in [1.29, 1.82) is 0 Å². The Bertz CT molecular complexity index is 1090. The van der Waals surface area contributed by atoms with Crippen molar-refractivity contribution >= 4 is 35.5 Å². The molecule has 9 heteroatoms. The smallest absolute Gasteiger partial charge is 0.221 e. The third-order valence-electron chi connectivity index (χ3n) is 3.97. The number of halogens is 2. The lowest BCUT2D eigenvalue weighted by Crippen LogP contribution is -2.09. The Labute approximate surface area is 160 Å². The zero-order valence-electron chi connectivity index (χ0n) is 15.5. The van der Waals surface area contributed by atoms with Gasteiger partial charge < -0.3 is 4.74 Å². The molecule has 0 unspecified atom stereocenters. The zero-order valence-corrected chi connectivity index (χ0v) is 15.5. The second kappa shape index (κ2) is 8.03. The second-order valence-corrected chi connectivity index (χ2v) is 5.75. The maximum atomic E-state index is 15.0. The molecule has 7 nitrogen and oxygen atoms in total. The van der Waals surface area contributed by atoms with E-state index in [2.05, 4.69) is 38.6 Å². The molecule has 2 aromatic heterocycles. The minimum absolute atomic E-state index is 0.121. The highest BCUT2D eigenvalue weighted by atomic mass is 19.1. The monoisotopic (exact) mass is 384 g/mol. The van der Waals surface area contributed by atoms with Crippen molar-refractivity contribution in [2.75, 3.05) is 6.61 Å². The molecule has 0 saturated carbocycles. The topological polar surface area (TPSA) is 78.1 Å². The molecule has 3 rings (SSSR count). The molecule has 0 saturated heterocycles. The number of benzene rings is 1. The molecule has 0 aliphatic rings. The predicted molar refractivity (Wildman–Crippen MR) is 103 cm³/mol. The SMILES string of the molecule is C=Nc1cc(F)c(Cn2nnc3ncc(C(=C)OCC)nc32)c(F)c1/C=C\C. The summed E-state index contributed by atoms with van der Waals surface area (Å²) in [6, 6.07) is 1.13. The van der Waals surface area contributed by atoms with Crippen molar-refractivity contribution in [1.82, 2.24) is 25.0 Å². The van der Waals surface area contributed by atoms with Crippen LogP contribution in [0.2, 0.25) is 0 Å². The van der Waals surface area contributed by atoms with E-state index in [-0.39, 0.29) is 34.7 Å². The average Bonchev–Trinajstić information content (AvgIpc) is 3.09. The molecule has 0 bridgehead atoms. The first-order valence-electron chi connectivity index (χ1n) is 8.48. The van der Waals surface area contributed by atoms with Gasteiger partial charge in [0.05, 0.1) is 25.0 Å². The van der Waals surface area contributed by atoms with Gasteiger partial charge in [-0.05, 0) is 20.6 Å². The number of aromatic nitrogens is 5. The zero-order chi connectivity index (χ0) is 20.3. The van der Waals surface area contributed by atoms with Crippen molar-refractivity contribution < 1.29 is 13.5 Å². The van der Waals surface area contributed by atoms with Gasteiger partial charge in [-0.1, -0.05) is 23.9 Å². The number of fused-ring (bicyclic) bond motifs is 1. The van der Waals surface area contributed by atoms with Gasteiger partial charge in [-0.15, -0.1) is 5.10 Å². The highest BCUT2D eigenvalue weighted by Gasteiger charge is 2.19.